The molecule has 0 saturated carbocycles. The fraction of sp³-hybridized carbons (Fsp3) is 0.238. The first-order valence-electron chi connectivity index (χ1n) is 9.64. The molecule has 30 heavy (non-hydrogen) atoms. The fourth-order valence-corrected chi connectivity index (χ4v) is 4.57. The highest BCUT2D eigenvalue weighted by atomic mass is 35.5. The molecule has 4 heterocycles. The molecule has 152 valence electrons. The summed E-state index contributed by atoms with van der Waals surface area (Å²) in [5.41, 5.74) is 16.8. The highest BCUT2D eigenvalue weighted by Crippen LogP contribution is 2.47. The number of rotatable bonds is 3. The van der Waals surface area contributed by atoms with Gasteiger partial charge in [-0.2, -0.15) is 5.10 Å². The van der Waals surface area contributed by atoms with Gasteiger partial charge in [-0.25, -0.2) is 20.1 Å². The van der Waals surface area contributed by atoms with Crippen molar-refractivity contribution in [2.24, 2.45) is 0 Å². The van der Waals surface area contributed by atoms with Crippen LogP contribution in [0, 0.1) is 13.8 Å². The second-order valence-corrected chi connectivity index (χ2v) is 7.99. The lowest BCUT2D eigenvalue weighted by atomic mass is 9.79. The Bertz CT molecular complexity index is 1270. The molecule has 0 aliphatic carbocycles. The maximum absolute atomic E-state index is 6.25. The minimum absolute atomic E-state index is 0.193. The number of nitrogens with two attached hydrogens (primary N) is 1. The number of hydrogen-bond acceptors (Lipinski definition) is 7. The third-order valence-corrected chi connectivity index (χ3v) is 6.01. The van der Waals surface area contributed by atoms with Crippen LogP contribution in [0.15, 0.2) is 42.7 Å². The first kappa shape index (κ1) is 18.8. The van der Waals surface area contributed by atoms with E-state index in [1.807, 2.05) is 49.0 Å². The van der Waals surface area contributed by atoms with Crippen molar-refractivity contribution in [3.63, 3.8) is 0 Å². The predicted molar refractivity (Wildman–Crippen MR) is 117 cm³/mol. The molecule has 1 aliphatic heterocycles. The molecule has 2 unspecified atom stereocenters. The average Bonchev–Trinajstić information content (AvgIpc) is 3.26. The van der Waals surface area contributed by atoms with Crippen molar-refractivity contribution < 1.29 is 0 Å². The molecule has 8 nitrogen and oxygen atoms in total. The van der Waals surface area contributed by atoms with Crippen LogP contribution in [-0.4, -0.2) is 24.7 Å². The Morgan fingerprint density at radius 3 is 2.80 bits per heavy atom. The van der Waals surface area contributed by atoms with Crippen LogP contribution in [0.3, 0.4) is 0 Å². The molecule has 0 amide bonds. The summed E-state index contributed by atoms with van der Waals surface area (Å²) in [4.78, 5) is 13.4. The molecule has 2 atom stereocenters. The monoisotopic (exact) mass is 420 g/mol. The molecule has 0 saturated heterocycles. The van der Waals surface area contributed by atoms with E-state index in [0.717, 1.165) is 27.9 Å². The van der Waals surface area contributed by atoms with Gasteiger partial charge in [0.15, 0.2) is 5.65 Å². The second-order valence-electron chi connectivity index (χ2n) is 7.55. The largest absolute Gasteiger partial charge is 0.383 e. The Labute approximate surface area is 178 Å². The first-order chi connectivity index (χ1) is 14.4. The topological polar surface area (TPSA) is 107 Å². The lowest BCUT2D eigenvalue weighted by Gasteiger charge is -2.36. The van der Waals surface area contributed by atoms with E-state index in [2.05, 4.69) is 38.8 Å². The van der Waals surface area contributed by atoms with Crippen molar-refractivity contribution in [2.45, 2.75) is 32.4 Å². The van der Waals surface area contributed by atoms with E-state index in [0.29, 0.717) is 22.3 Å². The summed E-state index contributed by atoms with van der Waals surface area (Å²) >= 11 is 6.25. The quantitative estimate of drug-likeness (QED) is 0.465. The van der Waals surface area contributed by atoms with Crippen LogP contribution < -0.4 is 16.6 Å². The smallest absolute Gasteiger partial charge is 0.164 e. The number of hydrogen-bond donors (Lipinski definition) is 3. The average molecular weight is 421 g/mol. The number of hydrazine groups is 1. The Morgan fingerprint density at radius 2 is 2.03 bits per heavy atom. The number of benzene rings is 1. The number of nitrogens with zero attached hydrogens (tertiary/aromatic N) is 5. The normalized spacial score (nSPS) is 18.9. The predicted octanol–water partition coefficient (Wildman–Crippen LogP) is 3.51. The van der Waals surface area contributed by atoms with E-state index < -0.39 is 5.54 Å². The van der Waals surface area contributed by atoms with Gasteiger partial charge in [0.1, 0.15) is 17.2 Å². The van der Waals surface area contributed by atoms with Crippen molar-refractivity contribution in [1.29, 1.82) is 0 Å². The van der Waals surface area contributed by atoms with Crippen molar-refractivity contribution >= 4 is 34.1 Å². The van der Waals surface area contributed by atoms with E-state index in [9.17, 15) is 0 Å². The summed E-state index contributed by atoms with van der Waals surface area (Å²) in [5, 5.41) is 6.25. The van der Waals surface area contributed by atoms with Crippen LogP contribution in [-0.2, 0) is 5.54 Å². The van der Waals surface area contributed by atoms with Crippen LogP contribution in [0.5, 0.6) is 0 Å². The summed E-state index contributed by atoms with van der Waals surface area (Å²) in [6.45, 7) is 5.85. The van der Waals surface area contributed by atoms with Crippen molar-refractivity contribution in [1.82, 2.24) is 30.2 Å². The van der Waals surface area contributed by atoms with E-state index in [1.165, 1.54) is 0 Å². The maximum Gasteiger partial charge on any atom is 0.164 e. The van der Waals surface area contributed by atoms with Gasteiger partial charge in [0.05, 0.1) is 22.8 Å². The van der Waals surface area contributed by atoms with Gasteiger partial charge < -0.3 is 11.2 Å². The van der Waals surface area contributed by atoms with Gasteiger partial charge in [0.2, 0.25) is 0 Å². The molecule has 5 rings (SSSR count). The number of nitrogen functional groups attached to an aromatic ring is 1. The molecule has 9 heteroatoms. The van der Waals surface area contributed by atoms with E-state index in [-0.39, 0.29) is 6.04 Å². The Balaban J connectivity index is 1.79. The van der Waals surface area contributed by atoms with Gasteiger partial charge in [-0.15, -0.1) is 0 Å². The van der Waals surface area contributed by atoms with Crippen molar-refractivity contribution in [2.75, 3.05) is 11.2 Å². The first-order valence-corrected chi connectivity index (χ1v) is 10.0. The lowest BCUT2D eigenvalue weighted by molar-refractivity contribution is 0.292. The molecule has 0 radical (unpaired) electrons. The lowest BCUT2D eigenvalue weighted by Crippen LogP contribution is -2.47. The summed E-state index contributed by atoms with van der Waals surface area (Å²) < 4.78 is 1.92. The zero-order chi connectivity index (χ0) is 21.0. The molecule has 0 spiro atoms. The van der Waals surface area contributed by atoms with Crippen molar-refractivity contribution in [3.05, 3.63) is 70.4 Å². The zero-order valence-corrected chi connectivity index (χ0v) is 17.6. The third-order valence-electron chi connectivity index (χ3n) is 5.78. The molecule has 4 aromatic rings. The molecule has 1 aliphatic rings. The Hall–Kier alpha value is -3.23. The molecule has 0 bridgehead atoms. The molecular weight excluding hydrogens is 400 g/mol. The van der Waals surface area contributed by atoms with Gasteiger partial charge >= 0.3 is 0 Å². The molecule has 1 aromatic carbocycles. The fourth-order valence-electron chi connectivity index (χ4n) is 4.40. The van der Waals surface area contributed by atoms with Crippen LogP contribution >= 0.6 is 11.6 Å². The second kappa shape index (κ2) is 6.65. The molecule has 3 aromatic heterocycles. The summed E-state index contributed by atoms with van der Waals surface area (Å²) in [6, 6.07) is 9.61. The van der Waals surface area contributed by atoms with Gasteiger partial charge in [-0.05, 0) is 44.5 Å². The number of nitrogens with one attached hydrogen (secondary N) is 2. The minimum Gasteiger partial charge on any atom is -0.383 e. The highest BCUT2D eigenvalue weighted by Gasteiger charge is 2.47. The number of aryl methyl sites for hydroxylation is 2. The van der Waals surface area contributed by atoms with Crippen molar-refractivity contribution in [3.8, 4) is 0 Å². The number of fused-ring (bicyclic) bond motifs is 2. The molecule has 4 N–H and O–H groups in total. The van der Waals surface area contributed by atoms with Crippen LogP contribution in [0.4, 0.5) is 11.5 Å². The highest BCUT2D eigenvalue weighted by molar-refractivity contribution is 6.30. The van der Waals surface area contributed by atoms with E-state index in [4.69, 9.17) is 22.4 Å². The Morgan fingerprint density at radius 1 is 1.20 bits per heavy atom. The zero-order valence-electron chi connectivity index (χ0n) is 16.8. The van der Waals surface area contributed by atoms with Gasteiger partial charge in [-0.3, -0.25) is 4.98 Å². The Kier molecular flexibility index (Phi) is 4.16. The molecule has 0 fully saturated rings. The van der Waals surface area contributed by atoms with Gasteiger partial charge in [-0.1, -0.05) is 23.7 Å². The van der Waals surface area contributed by atoms with Gasteiger partial charge in [0, 0.05) is 23.0 Å². The van der Waals surface area contributed by atoms with Gasteiger partial charge in [0.25, 0.3) is 0 Å². The summed E-state index contributed by atoms with van der Waals surface area (Å²) in [6.07, 6.45) is 3.62. The summed E-state index contributed by atoms with van der Waals surface area (Å²) in [5.74, 6) is 1.04. The van der Waals surface area contributed by atoms with Crippen LogP contribution in [0.2, 0.25) is 5.02 Å². The SMILES string of the molecule is Cc1nc(N)c2c(C)nn(C(C)C3(c4cccnc4)NNc4cc(Cl)ccc43)c2n1. The van der Waals surface area contributed by atoms with E-state index in [1.54, 1.807) is 6.20 Å². The third kappa shape index (κ3) is 2.57. The maximum atomic E-state index is 6.25. The number of halogens is 1. The number of pyridine rings is 1. The summed E-state index contributed by atoms with van der Waals surface area (Å²) in [7, 11) is 0. The standard InChI is InChI=1S/C21H21ClN8/c1-11-18-19(23)25-13(3)26-20(18)30(28-11)12(2)21(14-5-4-8-24-10-14)16-7-6-15(22)9-17(16)27-29-21/h4-10,12,27,29H,1-3H3,(H2,23,25,26). The van der Waals surface area contributed by atoms with Crippen LogP contribution in [0.1, 0.15) is 35.6 Å². The number of aromatic nitrogens is 5. The van der Waals surface area contributed by atoms with Crippen LogP contribution in [0.25, 0.3) is 11.0 Å². The molecular formula is C21H21ClN8. The van der Waals surface area contributed by atoms with E-state index >= 15 is 0 Å². The number of anilines is 2. The minimum atomic E-state index is -0.660.